The lowest BCUT2D eigenvalue weighted by molar-refractivity contribution is 0.397. The number of thiophene rings is 1. The van der Waals surface area contributed by atoms with Crippen molar-refractivity contribution in [3.05, 3.63) is 59.1 Å². The number of hydrogen-bond donors (Lipinski definition) is 2. The van der Waals surface area contributed by atoms with E-state index in [0.29, 0.717) is 5.88 Å². The van der Waals surface area contributed by atoms with Gasteiger partial charge in [-0.2, -0.15) is 0 Å². The van der Waals surface area contributed by atoms with Gasteiger partial charge in [0.05, 0.1) is 13.2 Å². The molecule has 21 heavy (non-hydrogen) atoms. The standard InChI is InChI=1S/C16H17N3OS/c1-20-15-6-5-11(10-18-15)9-14(19-17)13-4-2-3-12-7-8-21-16(12)13/h2-8,10,14,19H,9,17H2,1H3. The lowest BCUT2D eigenvalue weighted by atomic mass is 9.99. The highest BCUT2D eigenvalue weighted by Crippen LogP contribution is 2.30. The van der Waals surface area contributed by atoms with Crippen LogP contribution in [-0.4, -0.2) is 12.1 Å². The van der Waals surface area contributed by atoms with Crippen molar-refractivity contribution >= 4 is 21.4 Å². The van der Waals surface area contributed by atoms with E-state index < -0.39 is 0 Å². The Kier molecular flexibility index (Phi) is 4.15. The van der Waals surface area contributed by atoms with Crippen molar-refractivity contribution in [1.29, 1.82) is 0 Å². The minimum absolute atomic E-state index is 0.0579. The van der Waals surface area contributed by atoms with Gasteiger partial charge in [0.2, 0.25) is 5.88 Å². The van der Waals surface area contributed by atoms with E-state index in [2.05, 4.69) is 40.1 Å². The lowest BCUT2D eigenvalue weighted by Crippen LogP contribution is -2.29. The summed E-state index contributed by atoms with van der Waals surface area (Å²) in [6.45, 7) is 0. The maximum absolute atomic E-state index is 5.78. The van der Waals surface area contributed by atoms with Crippen LogP contribution < -0.4 is 16.0 Å². The summed E-state index contributed by atoms with van der Waals surface area (Å²) < 4.78 is 6.36. The summed E-state index contributed by atoms with van der Waals surface area (Å²) in [7, 11) is 1.61. The summed E-state index contributed by atoms with van der Waals surface area (Å²) in [6, 6.07) is 12.4. The maximum Gasteiger partial charge on any atom is 0.212 e. The van der Waals surface area contributed by atoms with Gasteiger partial charge in [0.1, 0.15) is 0 Å². The highest BCUT2D eigenvalue weighted by molar-refractivity contribution is 7.17. The largest absolute Gasteiger partial charge is 0.481 e. The summed E-state index contributed by atoms with van der Waals surface area (Å²) in [4.78, 5) is 4.24. The van der Waals surface area contributed by atoms with Crippen LogP contribution in [0.3, 0.4) is 0 Å². The van der Waals surface area contributed by atoms with Gasteiger partial charge >= 0.3 is 0 Å². The summed E-state index contributed by atoms with van der Waals surface area (Å²) in [5.74, 6) is 6.40. The zero-order valence-corrected chi connectivity index (χ0v) is 12.6. The fourth-order valence-electron chi connectivity index (χ4n) is 2.44. The molecule has 0 saturated heterocycles. The van der Waals surface area contributed by atoms with E-state index in [1.165, 1.54) is 15.6 Å². The number of hydrazine groups is 1. The Hall–Kier alpha value is -1.95. The number of pyridine rings is 1. The molecule has 1 atom stereocenters. The normalized spacial score (nSPS) is 12.5. The molecule has 1 unspecified atom stereocenters. The van der Waals surface area contributed by atoms with E-state index in [4.69, 9.17) is 10.6 Å². The van der Waals surface area contributed by atoms with E-state index in [1.807, 2.05) is 18.3 Å². The molecule has 0 aliphatic heterocycles. The minimum atomic E-state index is 0.0579. The summed E-state index contributed by atoms with van der Waals surface area (Å²) in [5, 5.41) is 3.36. The molecular formula is C16H17N3OS. The smallest absolute Gasteiger partial charge is 0.212 e. The Labute approximate surface area is 127 Å². The molecule has 0 aliphatic rings. The first-order valence-electron chi connectivity index (χ1n) is 6.73. The fraction of sp³-hybridized carbons (Fsp3) is 0.188. The molecule has 2 aromatic heterocycles. The number of benzene rings is 1. The van der Waals surface area contributed by atoms with Crippen LogP contribution in [0.5, 0.6) is 5.88 Å². The number of nitrogens with one attached hydrogen (secondary N) is 1. The van der Waals surface area contributed by atoms with Crippen LogP contribution in [0.15, 0.2) is 48.0 Å². The molecule has 0 radical (unpaired) electrons. The predicted molar refractivity (Wildman–Crippen MR) is 86.4 cm³/mol. The third-order valence-corrected chi connectivity index (χ3v) is 4.51. The lowest BCUT2D eigenvalue weighted by Gasteiger charge is -2.17. The number of methoxy groups -OCH3 is 1. The number of nitrogens with two attached hydrogens (primary N) is 1. The SMILES string of the molecule is COc1ccc(CC(NN)c2cccc3ccsc23)cn1. The first-order chi connectivity index (χ1) is 10.3. The van der Waals surface area contributed by atoms with E-state index in [-0.39, 0.29) is 6.04 Å². The molecule has 0 amide bonds. The molecule has 0 spiro atoms. The first kappa shape index (κ1) is 14.0. The van der Waals surface area contributed by atoms with Gasteiger partial charge < -0.3 is 4.74 Å². The van der Waals surface area contributed by atoms with Crippen molar-refractivity contribution < 1.29 is 4.74 Å². The highest BCUT2D eigenvalue weighted by Gasteiger charge is 2.14. The van der Waals surface area contributed by atoms with Crippen LogP contribution in [0.2, 0.25) is 0 Å². The topological polar surface area (TPSA) is 60.2 Å². The minimum Gasteiger partial charge on any atom is -0.481 e. The Balaban J connectivity index is 1.89. The van der Waals surface area contributed by atoms with Crippen molar-refractivity contribution in [2.45, 2.75) is 12.5 Å². The van der Waals surface area contributed by atoms with Gasteiger partial charge in [-0.1, -0.05) is 24.3 Å². The molecule has 0 bridgehead atoms. The zero-order chi connectivity index (χ0) is 14.7. The molecule has 0 saturated carbocycles. The molecule has 0 aliphatic carbocycles. The number of rotatable bonds is 5. The van der Waals surface area contributed by atoms with Gasteiger partial charge in [-0.3, -0.25) is 11.3 Å². The van der Waals surface area contributed by atoms with Crippen molar-refractivity contribution in [3.8, 4) is 5.88 Å². The van der Waals surface area contributed by atoms with Crippen LogP contribution in [0.1, 0.15) is 17.2 Å². The van der Waals surface area contributed by atoms with E-state index >= 15 is 0 Å². The maximum atomic E-state index is 5.78. The molecule has 3 aromatic rings. The molecule has 108 valence electrons. The van der Waals surface area contributed by atoms with E-state index in [9.17, 15) is 0 Å². The second kappa shape index (κ2) is 6.22. The van der Waals surface area contributed by atoms with E-state index in [1.54, 1.807) is 18.4 Å². The molecule has 0 fully saturated rings. The average molecular weight is 299 g/mol. The zero-order valence-electron chi connectivity index (χ0n) is 11.7. The number of nitrogens with zero attached hydrogens (tertiary/aromatic N) is 1. The average Bonchev–Trinajstić information content (AvgIpc) is 3.02. The third-order valence-electron chi connectivity index (χ3n) is 3.53. The van der Waals surface area contributed by atoms with Crippen molar-refractivity contribution in [1.82, 2.24) is 10.4 Å². The van der Waals surface area contributed by atoms with Gasteiger partial charge in [-0.25, -0.2) is 4.98 Å². The number of fused-ring (bicyclic) bond motifs is 1. The Bertz CT molecular complexity index is 724. The van der Waals surface area contributed by atoms with Crippen LogP contribution >= 0.6 is 11.3 Å². The van der Waals surface area contributed by atoms with Gasteiger partial charge in [-0.05, 0) is 34.4 Å². The van der Waals surface area contributed by atoms with Crippen LogP contribution in [0.25, 0.3) is 10.1 Å². The van der Waals surface area contributed by atoms with E-state index in [0.717, 1.165) is 12.0 Å². The summed E-state index contributed by atoms with van der Waals surface area (Å²) >= 11 is 1.74. The predicted octanol–water partition coefficient (Wildman–Crippen LogP) is 3.05. The monoisotopic (exact) mass is 299 g/mol. The van der Waals surface area contributed by atoms with Crippen molar-refractivity contribution in [2.75, 3.05) is 7.11 Å². The van der Waals surface area contributed by atoms with Crippen LogP contribution in [-0.2, 0) is 6.42 Å². The van der Waals surface area contributed by atoms with Gasteiger partial charge in [0.15, 0.2) is 0 Å². The highest BCUT2D eigenvalue weighted by atomic mass is 32.1. The molecule has 3 rings (SSSR count). The van der Waals surface area contributed by atoms with Crippen molar-refractivity contribution in [2.24, 2.45) is 5.84 Å². The summed E-state index contributed by atoms with van der Waals surface area (Å²) in [5.41, 5.74) is 5.27. The fourth-order valence-corrected chi connectivity index (χ4v) is 3.41. The molecule has 5 heteroatoms. The van der Waals surface area contributed by atoms with Gasteiger partial charge in [-0.15, -0.1) is 11.3 Å². The quantitative estimate of drug-likeness (QED) is 0.561. The van der Waals surface area contributed by atoms with Gasteiger partial charge in [0, 0.05) is 17.0 Å². The van der Waals surface area contributed by atoms with Crippen LogP contribution in [0.4, 0.5) is 0 Å². The Morgan fingerprint density at radius 3 is 2.90 bits per heavy atom. The third kappa shape index (κ3) is 2.90. The molecule has 3 N–H and O–H groups in total. The van der Waals surface area contributed by atoms with Crippen LogP contribution in [0, 0.1) is 0 Å². The molecule has 4 nitrogen and oxygen atoms in total. The summed E-state index contributed by atoms with van der Waals surface area (Å²) in [6.07, 6.45) is 2.61. The molecular weight excluding hydrogens is 282 g/mol. The molecule has 2 heterocycles. The Morgan fingerprint density at radius 2 is 2.19 bits per heavy atom. The van der Waals surface area contributed by atoms with Crippen molar-refractivity contribution in [3.63, 3.8) is 0 Å². The Morgan fingerprint density at radius 1 is 1.29 bits per heavy atom. The number of ether oxygens (including phenoxy) is 1. The second-order valence-electron chi connectivity index (χ2n) is 4.82. The first-order valence-corrected chi connectivity index (χ1v) is 7.61. The second-order valence-corrected chi connectivity index (χ2v) is 5.73. The van der Waals surface area contributed by atoms with Gasteiger partial charge in [0.25, 0.3) is 0 Å². The molecule has 1 aromatic carbocycles. The number of hydrogen-bond acceptors (Lipinski definition) is 5. The number of aromatic nitrogens is 1.